The molecule has 1 aromatic carbocycles. The summed E-state index contributed by atoms with van der Waals surface area (Å²) in [4.78, 5) is 30.6. The van der Waals surface area contributed by atoms with Crippen LogP contribution in [-0.4, -0.2) is 55.0 Å². The SMILES string of the molecule is CCOC(=O)CNC(=O)N(CC)CC1CC(c2ccc(C)cc2)=NO1. The lowest BCUT2D eigenvalue weighted by molar-refractivity contribution is -0.141. The van der Waals surface area contributed by atoms with Gasteiger partial charge < -0.3 is 19.8 Å². The molecule has 1 aliphatic heterocycles. The van der Waals surface area contributed by atoms with Crippen molar-refractivity contribution in [2.75, 3.05) is 26.2 Å². The summed E-state index contributed by atoms with van der Waals surface area (Å²) in [6.07, 6.45) is 0.453. The Hall–Kier alpha value is -2.57. The molecule has 1 aromatic rings. The molecule has 0 saturated heterocycles. The lowest BCUT2D eigenvalue weighted by Crippen LogP contribution is -2.45. The number of oxime groups is 1. The zero-order chi connectivity index (χ0) is 18.2. The molecule has 2 amide bonds. The lowest BCUT2D eigenvalue weighted by Gasteiger charge is -2.23. The van der Waals surface area contributed by atoms with Crippen LogP contribution in [0.5, 0.6) is 0 Å². The first kappa shape index (κ1) is 18.8. The number of carbonyl (C=O) groups excluding carboxylic acids is 2. The zero-order valence-electron chi connectivity index (χ0n) is 14.9. The molecule has 1 heterocycles. The van der Waals surface area contributed by atoms with Gasteiger partial charge in [0.2, 0.25) is 0 Å². The Kier molecular flexibility index (Phi) is 6.80. The molecule has 2 rings (SSSR count). The fourth-order valence-corrected chi connectivity index (χ4v) is 2.52. The number of hydrogen-bond donors (Lipinski definition) is 1. The van der Waals surface area contributed by atoms with E-state index < -0.39 is 5.97 Å². The predicted octanol–water partition coefficient (Wildman–Crippen LogP) is 2.08. The van der Waals surface area contributed by atoms with E-state index in [-0.39, 0.29) is 18.7 Å². The second-order valence-electron chi connectivity index (χ2n) is 5.84. The van der Waals surface area contributed by atoms with Gasteiger partial charge in [-0.3, -0.25) is 4.79 Å². The number of esters is 1. The number of amides is 2. The van der Waals surface area contributed by atoms with Crippen LogP contribution in [0.3, 0.4) is 0 Å². The minimum absolute atomic E-state index is 0.139. The summed E-state index contributed by atoms with van der Waals surface area (Å²) in [7, 11) is 0. The van der Waals surface area contributed by atoms with Crippen molar-refractivity contribution in [2.24, 2.45) is 5.16 Å². The van der Waals surface area contributed by atoms with E-state index in [2.05, 4.69) is 10.5 Å². The maximum atomic E-state index is 12.2. The molecular formula is C18H25N3O4. The minimum Gasteiger partial charge on any atom is -0.465 e. The van der Waals surface area contributed by atoms with Crippen molar-refractivity contribution in [1.29, 1.82) is 0 Å². The first-order valence-electron chi connectivity index (χ1n) is 8.51. The van der Waals surface area contributed by atoms with Crippen LogP contribution in [0.15, 0.2) is 29.4 Å². The highest BCUT2D eigenvalue weighted by molar-refractivity contribution is 6.01. The first-order chi connectivity index (χ1) is 12.0. The van der Waals surface area contributed by atoms with Gasteiger partial charge in [0.05, 0.1) is 18.9 Å². The second-order valence-corrected chi connectivity index (χ2v) is 5.84. The molecule has 1 N–H and O–H groups in total. The largest absolute Gasteiger partial charge is 0.465 e. The van der Waals surface area contributed by atoms with Gasteiger partial charge in [0.25, 0.3) is 0 Å². The van der Waals surface area contributed by atoms with E-state index in [0.29, 0.717) is 26.1 Å². The van der Waals surface area contributed by atoms with Crippen molar-refractivity contribution in [2.45, 2.75) is 33.3 Å². The number of nitrogens with one attached hydrogen (secondary N) is 1. The number of urea groups is 1. The Balaban J connectivity index is 1.83. The number of ether oxygens (including phenoxy) is 1. The highest BCUT2D eigenvalue weighted by atomic mass is 16.6. The van der Waals surface area contributed by atoms with E-state index in [9.17, 15) is 9.59 Å². The average Bonchev–Trinajstić information content (AvgIpc) is 3.07. The molecule has 0 aliphatic carbocycles. The molecule has 0 bridgehead atoms. The molecule has 0 spiro atoms. The predicted molar refractivity (Wildman–Crippen MR) is 94.5 cm³/mol. The first-order valence-corrected chi connectivity index (χ1v) is 8.51. The molecule has 0 radical (unpaired) electrons. The highest BCUT2D eigenvalue weighted by Gasteiger charge is 2.26. The van der Waals surface area contributed by atoms with Crippen molar-refractivity contribution in [3.05, 3.63) is 35.4 Å². The fraction of sp³-hybridized carbons (Fsp3) is 0.500. The van der Waals surface area contributed by atoms with E-state index in [1.165, 1.54) is 5.56 Å². The molecule has 1 aliphatic rings. The molecule has 7 heteroatoms. The van der Waals surface area contributed by atoms with Gasteiger partial charge in [-0.05, 0) is 26.3 Å². The summed E-state index contributed by atoms with van der Waals surface area (Å²) < 4.78 is 4.80. The fourth-order valence-electron chi connectivity index (χ4n) is 2.52. The summed E-state index contributed by atoms with van der Waals surface area (Å²) in [5, 5.41) is 6.71. The maximum absolute atomic E-state index is 12.2. The third kappa shape index (κ3) is 5.48. The van der Waals surface area contributed by atoms with Gasteiger partial charge in [-0.25, -0.2) is 4.79 Å². The highest BCUT2D eigenvalue weighted by Crippen LogP contribution is 2.18. The number of nitrogens with zero attached hydrogens (tertiary/aromatic N) is 2. The number of hydrogen-bond acceptors (Lipinski definition) is 5. The van der Waals surface area contributed by atoms with E-state index in [0.717, 1.165) is 11.3 Å². The van der Waals surface area contributed by atoms with Gasteiger partial charge >= 0.3 is 12.0 Å². The molecule has 0 fully saturated rings. The molecule has 0 saturated carbocycles. The average molecular weight is 347 g/mol. The van der Waals surface area contributed by atoms with E-state index in [1.54, 1.807) is 11.8 Å². The summed E-state index contributed by atoms with van der Waals surface area (Å²) in [6, 6.07) is 7.79. The number of carbonyl (C=O) groups is 2. The smallest absolute Gasteiger partial charge is 0.325 e. The van der Waals surface area contributed by atoms with Crippen LogP contribution < -0.4 is 5.32 Å². The monoisotopic (exact) mass is 347 g/mol. The standard InChI is InChI=1S/C18H25N3O4/c1-4-21(18(23)19-11-17(22)24-5-2)12-15-10-16(20-25-15)14-8-6-13(3)7-9-14/h6-9,15H,4-5,10-12H2,1-3H3,(H,19,23). The van der Waals surface area contributed by atoms with Crippen molar-refractivity contribution in [1.82, 2.24) is 10.2 Å². The molecule has 25 heavy (non-hydrogen) atoms. The Morgan fingerprint density at radius 1 is 1.32 bits per heavy atom. The van der Waals surface area contributed by atoms with Crippen LogP contribution >= 0.6 is 0 Å². The van der Waals surface area contributed by atoms with Crippen LogP contribution in [-0.2, 0) is 14.4 Å². The van der Waals surface area contributed by atoms with Crippen LogP contribution in [0.25, 0.3) is 0 Å². The van der Waals surface area contributed by atoms with Crippen molar-refractivity contribution in [3.63, 3.8) is 0 Å². The quantitative estimate of drug-likeness (QED) is 0.766. The van der Waals surface area contributed by atoms with Crippen molar-refractivity contribution < 1.29 is 19.2 Å². The molecule has 7 nitrogen and oxygen atoms in total. The summed E-state index contributed by atoms with van der Waals surface area (Å²) in [5.41, 5.74) is 3.10. The summed E-state index contributed by atoms with van der Waals surface area (Å²) in [6.45, 7) is 6.70. The van der Waals surface area contributed by atoms with E-state index in [4.69, 9.17) is 9.57 Å². The number of aryl methyl sites for hydroxylation is 1. The minimum atomic E-state index is -0.450. The molecule has 1 unspecified atom stereocenters. The van der Waals surface area contributed by atoms with Crippen molar-refractivity contribution >= 4 is 17.7 Å². The van der Waals surface area contributed by atoms with Crippen LogP contribution in [0.1, 0.15) is 31.4 Å². The Bertz CT molecular complexity index is 628. The Morgan fingerprint density at radius 3 is 2.68 bits per heavy atom. The van der Waals surface area contributed by atoms with E-state index >= 15 is 0 Å². The van der Waals surface area contributed by atoms with Crippen molar-refractivity contribution in [3.8, 4) is 0 Å². The third-order valence-electron chi connectivity index (χ3n) is 3.90. The van der Waals surface area contributed by atoms with Gasteiger partial charge in [0, 0.05) is 13.0 Å². The third-order valence-corrected chi connectivity index (χ3v) is 3.90. The molecular weight excluding hydrogens is 322 g/mol. The lowest BCUT2D eigenvalue weighted by atomic mass is 10.0. The van der Waals surface area contributed by atoms with Crippen LogP contribution in [0.4, 0.5) is 4.79 Å². The number of benzene rings is 1. The number of likely N-dealkylation sites (N-methyl/N-ethyl adjacent to an activating group) is 1. The van der Waals surface area contributed by atoms with Gasteiger partial charge in [0.15, 0.2) is 6.10 Å². The maximum Gasteiger partial charge on any atom is 0.325 e. The second kappa shape index (κ2) is 9.05. The van der Waals surface area contributed by atoms with Crippen LogP contribution in [0.2, 0.25) is 0 Å². The van der Waals surface area contributed by atoms with Crippen LogP contribution in [0, 0.1) is 6.92 Å². The topological polar surface area (TPSA) is 80.2 Å². The van der Waals surface area contributed by atoms with Gasteiger partial charge in [0.1, 0.15) is 6.54 Å². The summed E-state index contributed by atoms with van der Waals surface area (Å²) in [5.74, 6) is -0.450. The zero-order valence-corrected chi connectivity index (χ0v) is 14.9. The van der Waals surface area contributed by atoms with Gasteiger partial charge in [-0.1, -0.05) is 35.0 Å². The van der Waals surface area contributed by atoms with E-state index in [1.807, 2.05) is 38.1 Å². The number of rotatable bonds is 7. The molecule has 0 aromatic heterocycles. The Morgan fingerprint density at radius 2 is 2.04 bits per heavy atom. The van der Waals surface area contributed by atoms with Gasteiger partial charge in [-0.2, -0.15) is 0 Å². The molecule has 136 valence electrons. The summed E-state index contributed by atoms with van der Waals surface area (Å²) >= 11 is 0. The Labute approximate surface area is 148 Å². The molecule has 1 atom stereocenters. The van der Waals surface area contributed by atoms with Gasteiger partial charge in [-0.15, -0.1) is 0 Å². The normalized spacial score (nSPS) is 16.0.